The quantitative estimate of drug-likeness (QED) is 0.486. The molecule has 0 saturated carbocycles. The summed E-state index contributed by atoms with van der Waals surface area (Å²) in [4.78, 5) is 6.90. The lowest BCUT2D eigenvalue weighted by Crippen LogP contribution is -2.44. The number of benzene rings is 2. The zero-order valence-corrected chi connectivity index (χ0v) is 17.6. The first-order valence-electron chi connectivity index (χ1n) is 10.5. The van der Waals surface area contributed by atoms with Crippen molar-refractivity contribution in [1.82, 2.24) is 20.7 Å². The Morgan fingerprint density at radius 2 is 1.87 bits per heavy atom. The number of hydrogen-bond acceptors (Lipinski definition) is 4. The van der Waals surface area contributed by atoms with Gasteiger partial charge in [-0.05, 0) is 18.9 Å². The Morgan fingerprint density at radius 1 is 1.13 bits per heavy atom. The van der Waals surface area contributed by atoms with E-state index in [4.69, 9.17) is 4.52 Å². The van der Waals surface area contributed by atoms with E-state index in [1.54, 1.807) is 7.05 Å². The van der Waals surface area contributed by atoms with Crippen molar-refractivity contribution >= 4 is 5.96 Å². The van der Waals surface area contributed by atoms with E-state index in [1.165, 1.54) is 5.56 Å². The highest BCUT2D eigenvalue weighted by Gasteiger charge is 2.29. The van der Waals surface area contributed by atoms with Crippen molar-refractivity contribution in [3.05, 3.63) is 78.0 Å². The Labute approximate surface area is 178 Å². The third kappa shape index (κ3) is 5.07. The third-order valence-electron chi connectivity index (χ3n) is 5.55. The summed E-state index contributed by atoms with van der Waals surface area (Å²) in [6, 6.07) is 23.5. The molecule has 0 amide bonds. The molecule has 2 N–H and O–H groups in total. The number of aromatic nitrogens is 1. The first-order valence-corrected chi connectivity index (χ1v) is 10.5. The second-order valence-electron chi connectivity index (χ2n) is 7.82. The zero-order valence-electron chi connectivity index (χ0n) is 17.6. The summed E-state index contributed by atoms with van der Waals surface area (Å²) in [6.45, 7) is 4.83. The number of nitrogens with one attached hydrogen (secondary N) is 2. The predicted octanol–water partition coefficient (Wildman–Crippen LogP) is 3.67. The molecule has 1 aliphatic rings. The lowest BCUT2D eigenvalue weighted by Gasteiger charge is -2.21. The standard InChI is InChI=1S/C24H29N5O/c1-18-13-22(17-29(18)16-19-9-5-3-6-10-19)27-24(25-2)26-15-21-14-23(30-28-21)20-11-7-4-8-12-20/h3-12,14,18,22H,13,15-17H2,1-2H3,(H2,25,26,27). The number of rotatable bonds is 6. The van der Waals surface area contributed by atoms with Crippen LogP contribution in [0, 0.1) is 0 Å². The van der Waals surface area contributed by atoms with E-state index in [2.05, 4.69) is 62.9 Å². The maximum absolute atomic E-state index is 5.48. The summed E-state index contributed by atoms with van der Waals surface area (Å²) in [5.74, 6) is 1.56. The molecule has 1 aliphatic heterocycles. The SMILES string of the molecule is CN=C(NCc1cc(-c2ccccc2)on1)NC1CC(C)N(Cc2ccccc2)C1. The first kappa shape index (κ1) is 20.2. The second kappa shape index (κ2) is 9.59. The Hall–Kier alpha value is -3.12. The Kier molecular flexibility index (Phi) is 6.44. The van der Waals surface area contributed by atoms with E-state index >= 15 is 0 Å². The second-order valence-corrected chi connectivity index (χ2v) is 7.82. The van der Waals surface area contributed by atoms with Gasteiger partial charge >= 0.3 is 0 Å². The average molecular weight is 404 g/mol. The van der Waals surface area contributed by atoms with Crippen LogP contribution in [-0.2, 0) is 13.1 Å². The number of hydrogen-bond donors (Lipinski definition) is 2. The lowest BCUT2D eigenvalue weighted by molar-refractivity contribution is 0.258. The van der Waals surface area contributed by atoms with Crippen LogP contribution in [0.4, 0.5) is 0 Å². The molecule has 0 bridgehead atoms. The van der Waals surface area contributed by atoms with Gasteiger partial charge in [-0.1, -0.05) is 65.8 Å². The van der Waals surface area contributed by atoms with Crippen molar-refractivity contribution in [1.29, 1.82) is 0 Å². The lowest BCUT2D eigenvalue weighted by atomic mass is 10.2. The molecule has 1 saturated heterocycles. The van der Waals surface area contributed by atoms with Crippen LogP contribution in [0.2, 0.25) is 0 Å². The maximum Gasteiger partial charge on any atom is 0.191 e. The third-order valence-corrected chi connectivity index (χ3v) is 5.55. The molecular weight excluding hydrogens is 374 g/mol. The molecule has 0 aliphatic carbocycles. The summed E-state index contributed by atoms with van der Waals surface area (Å²) in [5, 5.41) is 11.1. The summed E-state index contributed by atoms with van der Waals surface area (Å²) >= 11 is 0. The number of nitrogens with zero attached hydrogens (tertiary/aromatic N) is 3. The van der Waals surface area contributed by atoms with E-state index < -0.39 is 0 Å². The minimum absolute atomic E-state index is 0.368. The largest absolute Gasteiger partial charge is 0.356 e. The monoisotopic (exact) mass is 403 g/mol. The van der Waals surface area contributed by atoms with Crippen LogP contribution in [0.5, 0.6) is 0 Å². The molecule has 2 aromatic carbocycles. The van der Waals surface area contributed by atoms with Gasteiger partial charge in [-0.3, -0.25) is 9.89 Å². The van der Waals surface area contributed by atoms with E-state index in [9.17, 15) is 0 Å². The minimum atomic E-state index is 0.368. The summed E-state index contributed by atoms with van der Waals surface area (Å²) in [7, 11) is 1.80. The molecule has 4 rings (SSSR count). The van der Waals surface area contributed by atoms with Gasteiger partial charge in [-0.25, -0.2) is 0 Å². The summed E-state index contributed by atoms with van der Waals surface area (Å²) in [5.41, 5.74) is 3.23. The van der Waals surface area contributed by atoms with Crippen LogP contribution < -0.4 is 10.6 Å². The van der Waals surface area contributed by atoms with E-state index in [1.807, 2.05) is 36.4 Å². The average Bonchev–Trinajstić information content (AvgIpc) is 3.39. The highest BCUT2D eigenvalue weighted by molar-refractivity contribution is 5.80. The van der Waals surface area contributed by atoms with E-state index in [0.29, 0.717) is 18.6 Å². The fraction of sp³-hybridized carbons (Fsp3) is 0.333. The molecule has 1 fully saturated rings. The molecule has 1 aromatic heterocycles. The molecule has 156 valence electrons. The Balaban J connectivity index is 1.29. The summed E-state index contributed by atoms with van der Waals surface area (Å²) in [6.07, 6.45) is 1.09. The molecule has 6 nitrogen and oxygen atoms in total. The van der Waals surface area contributed by atoms with Crippen molar-refractivity contribution in [2.24, 2.45) is 4.99 Å². The van der Waals surface area contributed by atoms with Gasteiger partial charge in [0.25, 0.3) is 0 Å². The molecule has 0 radical (unpaired) electrons. The number of aliphatic imine (C=N–C) groups is 1. The fourth-order valence-corrected chi connectivity index (χ4v) is 3.94. The number of guanidine groups is 1. The highest BCUT2D eigenvalue weighted by Crippen LogP contribution is 2.21. The van der Waals surface area contributed by atoms with Crippen LogP contribution in [0.1, 0.15) is 24.6 Å². The number of likely N-dealkylation sites (tertiary alicyclic amines) is 1. The Bertz CT molecular complexity index is 954. The van der Waals surface area contributed by atoms with Crippen molar-refractivity contribution in [3.63, 3.8) is 0 Å². The molecular formula is C24H29N5O. The zero-order chi connectivity index (χ0) is 20.8. The van der Waals surface area contributed by atoms with Gasteiger partial charge in [0.05, 0.1) is 6.54 Å². The predicted molar refractivity (Wildman–Crippen MR) is 120 cm³/mol. The van der Waals surface area contributed by atoms with Gasteiger partial charge in [0, 0.05) is 43.9 Å². The smallest absolute Gasteiger partial charge is 0.191 e. The Morgan fingerprint density at radius 3 is 2.60 bits per heavy atom. The maximum atomic E-state index is 5.48. The molecule has 3 aromatic rings. The topological polar surface area (TPSA) is 65.7 Å². The molecule has 0 spiro atoms. The molecule has 2 atom stereocenters. The van der Waals surface area contributed by atoms with Crippen molar-refractivity contribution in [3.8, 4) is 11.3 Å². The van der Waals surface area contributed by atoms with Gasteiger partial charge in [0.1, 0.15) is 5.69 Å². The first-order chi connectivity index (χ1) is 14.7. The van der Waals surface area contributed by atoms with E-state index in [0.717, 1.165) is 42.5 Å². The fourth-order valence-electron chi connectivity index (χ4n) is 3.94. The van der Waals surface area contributed by atoms with Crippen molar-refractivity contribution < 1.29 is 4.52 Å². The van der Waals surface area contributed by atoms with Crippen LogP contribution in [-0.4, -0.2) is 41.7 Å². The van der Waals surface area contributed by atoms with Gasteiger partial charge in [0.2, 0.25) is 0 Å². The molecule has 2 heterocycles. The van der Waals surface area contributed by atoms with Crippen molar-refractivity contribution in [2.45, 2.75) is 38.5 Å². The van der Waals surface area contributed by atoms with E-state index in [-0.39, 0.29) is 0 Å². The van der Waals surface area contributed by atoms with Gasteiger partial charge < -0.3 is 15.2 Å². The highest BCUT2D eigenvalue weighted by atomic mass is 16.5. The normalized spacial score (nSPS) is 19.7. The summed E-state index contributed by atoms with van der Waals surface area (Å²) < 4.78 is 5.48. The van der Waals surface area contributed by atoms with Gasteiger partial charge in [-0.2, -0.15) is 0 Å². The van der Waals surface area contributed by atoms with Crippen LogP contribution in [0.15, 0.2) is 76.2 Å². The van der Waals surface area contributed by atoms with Crippen LogP contribution in [0.25, 0.3) is 11.3 Å². The van der Waals surface area contributed by atoms with Gasteiger partial charge in [0.15, 0.2) is 11.7 Å². The molecule has 6 heteroatoms. The van der Waals surface area contributed by atoms with Crippen LogP contribution in [0.3, 0.4) is 0 Å². The van der Waals surface area contributed by atoms with Crippen LogP contribution >= 0.6 is 0 Å². The molecule has 30 heavy (non-hydrogen) atoms. The molecule has 2 unspecified atom stereocenters. The van der Waals surface area contributed by atoms with Gasteiger partial charge in [-0.15, -0.1) is 0 Å². The minimum Gasteiger partial charge on any atom is -0.356 e. The van der Waals surface area contributed by atoms with Crippen molar-refractivity contribution in [2.75, 3.05) is 13.6 Å².